The minimum absolute atomic E-state index is 0.0326. The van der Waals surface area contributed by atoms with E-state index in [0.717, 1.165) is 53.4 Å². The maximum Gasteiger partial charge on any atom is 0.341 e. The zero-order valence-electron chi connectivity index (χ0n) is 20.2. The van der Waals surface area contributed by atoms with Crippen LogP contribution in [-0.4, -0.2) is 18.4 Å². The fourth-order valence-corrected chi connectivity index (χ4v) is 7.29. The maximum absolute atomic E-state index is 13.4. The summed E-state index contributed by atoms with van der Waals surface area (Å²) >= 11 is 5.03. The van der Waals surface area contributed by atoms with Crippen LogP contribution in [0.4, 0.5) is 5.00 Å². The van der Waals surface area contributed by atoms with Crippen molar-refractivity contribution in [1.29, 1.82) is 5.26 Å². The number of nitriles is 1. The van der Waals surface area contributed by atoms with E-state index in [1.54, 1.807) is 18.3 Å². The van der Waals surface area contributed by atoms with Crippen LogP contribution in [0.1, 0.15) is 77.7 Å². The predicted molar refractivity (Wildman–Crippen MR) is 144 cm³/mol. The number of allylic oxidation sites excluding steroid dienone is 3. The Bertz CT molecular complexity index is 1330. The Morgan fingerprint density at radius 2 is 1.92 bits per heavy atom. The molecule has 5 rings (SSSR count). The second kappa shape index (κ2) is 10.2. The van der Waals surface area contributed by atoms with Crippen LogP contribution in [0.2, 0.25) is 0 Å². The minimum atomic E-state index is -0.522. The van der Waals surface area contributed by atoms with Crippen molar-refractivity contribution in [1.82, 2.24) is 0 Å². The molecule has 2 N–H and O–H groups in total. The first-order valence-electron chi connectivity index (χ1n) is 12.5. The van der Waals surface area contributed by atoms with E-state index in [0.29, 0.717) is 46.8 Å². The number of thiophene rings is 1. The number of fused-ring (bicyclic) bond motifs is 1. The lowest BCUT2D eigenvalue weighted by atomic mass is 9.75. The highest BCUT2D eigenvalue weighted by molar-refractivity contribution is 9.10. The summed E-state index contributed by atoms with van der Waals surface area (Å²) in [5, 5.41) is 11.0. The fraction of sp³-hybridized carbons (Fsp3) is 0.393. The number of halogens is 1. The summed E-state index contributed by atoms with van der Waals surface area (Å²) in [6.45, 7) is 2.07. The molecule has 1 aromatic carbocycles. The molecular weight excluding hydrogens is 538 g/mol. The number of carbonyl (C=O) groups excluding carboxylic acids is 2. The molecule has 3 aliphatic rings. The van der Waals surface area contributed by atoms with E-state index in [1.165, 1.54) is 4.88 Å². The van der Waals surface area contributed by atoms with Gasteiger partial charge in [0.25, 0.3) is 0 Å². The van der Waals surface area contributed by atoms with Gasteiger partial charge in [0.15, 0.2) is 5.78 Å². The van der Waals surface area contributed by atoms with Crippen LogP contribution in [0, 0.1) is 11.3 Å². The smallest absolute Gasteiger partial charge is 0.341 e. The maximum atomic E-state index is 13.4. The van der Waals surface area contributed by atoms with Crippen LogP contribution in [0.3, 0.4) is 0 Å². The molecule has 0 fully saturated rings. The molecule has 1 aromatic heterocycles. The van der Waals surface area contributed by atoms with Gasteiger partial charge in [-0.15, -0.1) is 11.3 Å². The number of esters is 1. The lowest BCUT2D eigenvalue weighted by Gasteiger charge is -2.39. The van der Waals surface area contributed by atoms with Crippen molar-refractivity contribution in [2.24, 2.45) is 5.73 Å². The van der Waals surface area contributed by atoms with Crippen molar-refractivity contribution in [3.8, 4) is 6.07 Å². The van der Waals surface area contributed by atoms with E-state index in [2.05, 4.69) is 22.0 Å². The Morgan fingerprint density at radius 1 is 1.17 bits per heavy atom. The molecule has 1 atom stereocenters. The summed E-state index contributed by atoms with van der Waals surface area (Å²) in [5.74, 6) is -0.561. The van der Waals surface area contributed by atoms with Crippen molar-refractivity contribution in [3.63, 3.8) is 0 Å². The minimum Gasteiger partial charge on any atom is -0.462 e. The van der Waals surface area contributed by atoms with E-state index in [-0.39, 0.29) is 18.4 Å². The van der Waals surface area contributed by atoms with Gasteiger partial charge in [0.1, 0.15) is 10.8 Å². The molecule has 1 aliphatic heterocycles. The first-order valence-corrected chi connectivity index (χ1v) is 14.1. The Kier molecular flexibility index (Phi) is 7.05. The first-order chi connectivity index (χ1) is 17.5. The molecule has 8 heteroatoms. The van der Waals surface area contributed by atoms with E-state index in [4.69, 9.17) is 10.5 Å². The molecule has 0 unspecified atom stereocenters. The van der Waals surface area contributed by atoms with Gasteiger partial charge in [0.05, 0.1) is 29.7 Å². The number of hydrogen-bond donors (Lipinski definition) is 1. The highest BCUT2D eigenvalue weighted by atomic mass is 79.9. The summed E-state index contributed by atoms with van der Waals surface area (Å²) in [6.07, 6.45) is 6.72. The highest BCUT2D eigenvalue weighted by Gasteiger charge is 2.42. The van der Waals surface area contributed by atoms with Crippen LogP contribution in [0.5, 0.6) is 0 Å². The van der Waals surface area contributed by atoms with E-state index in [9.17, 15) is 14.9 Å². The number of anilines is 1. The van der Waals surface area contributed by atoms with Gasteiger partial charge in [-0.3, -0.25) is 9.69 Å². The Hall–Kier alpha value is -2.89. The fourth-order valence-electron chi connectivity index (χ4n) is 5.61. The topological polar surface area (TPSA) is 96.4 Å². The van der Waals surface area contributed by atoms with Gasteiger partial charge in [0, 0.05) is 27.0 Å². The number of ether oxygens (including phenoxy) is 1. The van der Waals surface area contributed by atoms with Crippen LogP contribution >= 0.6 is 27.3 Å². The lowest BCUT2D eigenvalue weighted by Crippen LogP contribution is -2.39. The first kappa shape index (κ1) is 24.8. The molecule has 2 heterocycles. The summed E-state index contributed by atoms with van der Waals surface area (Å²) < 4.78 is 6.42. The van der Waals surface area contributed by atoms with Crippen LogP contribution in [0.25, 0.3) is 0 Å². The second-order valence-electron chi connectivity index (χ2n) is 9.33. The number of benzene rings is 1. The Labute approximate surface area is 223 Å². The SMILES string of the molecule is CCOC(=O)c1c(N2C(N)=C(C#N)[C@@H](c3ccc(Br)cc3)C3=C2CCCC3=O)sc2c1CCCCC2. The van der Waals surface area contributed by atoms with E-state index < -0.39 is 5.92 Å². The average molecular weight is 567 g/mol. The summed E-state index contributed by atoms with van der Waals surface area (Å²) in [7, 11) is 0. The Morgan fingerprint density at radius 3 is 2.64 bits per heavy atom. The molecule has 0 amide bonds. The van der Waals surface area contributed by atoms with Gasteiger partial charge in [0.2, 0.25) is 0 Å². The molecule has 0 spiro atoms. The van der Waals surface area contributed by atoms with Crippen molar-refractivity contribution < 1.29 is 14.3 Å². The van der Waals surface area contributed by atoms with Crippen molar-refractivity contribution in [2.75, 3.05) is 11.5 Å². The molecule has 0 radical (unpaired) electrons. The number of nitrogens with zero attached hydrogens (tertiary/aromatic N) is 2. The molecule has 36 heavy (non-hydrogen) atoms. The molecule has 0 bridgehead atoms. The third kappa shape index (κ3) is 4.18. The van der Waals surface area contributed by atoms with Crippen LogP contribution < -0.4 is 10.6 Å². The highest BCUT2D eigenvalue weighted by Crippen LogP contribution is 2.50. The van der Waals surface area contributed by atoms with Crippen molar-refractivity contribution in [2.45, 2.75) is 64.2 Å². The molecular formula is C28H28BrN3O3S. The number of ketones is 1. The van der Waals surface area contributed by atoms with E-state index >= 15 is 0 Å². The van der Waals surface area contributed by atoms with Gasteiger partial charge < -0.3 is 10.5 Å². The summed E-state index contributed by atoms with van der Waals surface area (Å²) in [5.41, 5.74) is 11.0. The number of Topliss-reactive ketones (excluding diaryl/α,β-unsaturated/α-hetero) is 1. The standard InChI is InChI=1S/C28H28BrN3O3S/c1-2-35-28(34)24-18-7-4-3-5-10-22(18)36-27(24)32-20-8-6-9-21(33)25(20)23(19(15-30)26(32)31)16-11-13-17(29)14-12-16/h11-14,23H,2-10,31H2,1H3/t23-/m1/s1. The van der Waals surface area contributed by atoms with Gasteiger partial charge in [-0.2, -0.15) is 5.26 Å². The number of nitrogens with two attached hydrogens (primary N) is 1. The second-order valence-corrected chi connectivity index (χ2v) is 11.3. The zero-order chi connectivity index (χ0) is 25.4. The number of aryl methyl sites for hydroxylation is 1. The predicted octanol–water partition coefficient (Wildman–Crippen LogP) is 6.26. The van der Waals surface area contributed by atoms with Gasteiger partial charge >= 0.3 is 5.97 Å². The number of carbonyl (C=O) groups is 2. The molecule has 0 saturated heterocycles. The van der Waals surface area contributed by atoms with Gasteiger partial charge in [-0.25, -0.2) is 4.79 Å². The zero-order valence-corrected chi connectivity index (χ0v) is 22.6. The normalized spacial score (nSPS) is 20.0. The van der Waals surface area contributed by atoms with Crippen molar-refractivity contribution >= 4 is 44.0 Å². The molecule has 186 valence electrons. The summed E-state index contributed by atoms with van der Waals surface area (Å²) in [4.78, 5) is 29.7. The molecule has 0 saturated carbocycles. The molecule has 2 aromatic rings. The van der Waals surface area contributed by atoms with Crippen molar-refractivity contribution in [3.05, 3.63) is 73.0 Å². The quantitative estimate of drug-likeness (QED) is 0.347. The Balaban J connectivity index is 1.75. The van der Waals surface area contributed by atoms with Crippen LogP contribution in [0.15, 0.2) is 51.4 Å². The monoisotopic (exact) mass is 565 g/mol. The third-order valence-corrected chi connectivity index (χ3v) is 9.01. The van der Waals surface area contributed by atoms with Crippen LogP contribution in [-0.2, 0) is 22.4 Å². The number of rotatable bonds is 4. The largest absolute Gasteiger partial charge is 0.462 e. The summed E-state index contributed by atoms with van der Waals surface area (Å²) in [6, 6.07) is 10.0. The van der Waals surface area contributed by atoms with Gasteiger partial charge in [-0.05, 0) is 68.7 Å². The molecule has 2 aliphatic carbocycles. The number of hydrogen-bond acceptors (Lipinski definition) is 7. The molecule has 6 nitrogen and oxygen atoms in total. The third-order valence-electron chi connectivity index (χ3n) is 7.20. The van der Waals surface area contributed by atoms with Gasteiger partial charge in [-0.1, -0.05) is 34.5 Å². The average Bonchev–Trinajstić information content (AvgIpc) is 3.06. The lowest BCUT2D eigenvalue weighted by molar-refractivity contribution is -0.116. The van der Waals surface area contributed by atoms with E-state index in [1.807, 2.05) is 29.2 Å².